The lowest BCUT2D eigenvalue weighted by molar-refractivity contribution is 0.173. The molecule has 1 heterocycles. The summed E-state index contributed by atoms with van der Waals surface area (Å²) in [5.74, 6) is 2.95. The molecule has 1 aliphatic rings. The van der Waals surface area contributed by atoms with Gasteiger partial charge in [0, 0.05) is 19.7 Å². The van der Waals surface area contributed by atoms with Crippen molar-refractivity contribution in [2.75, 3.05) is 33.5 Å². The lowest BCUT2D eigenvalue weighted by atomic mass is 10.3. The number of benzene rings is 1. The van der Waals surface area contributed by atoms with Crippen molar-refractivity contribution >= 4 is 29.9 Å². The van der Waals surface area contributed by atoms with Crippen molar-refractivity contribution in [1.29, 1.82) is 0 Å². The van der Waals surface area contributed by atoms with Crippen molar-refractivity contribution < 1.29 is 14.2 Å². The minimum Gasteiger partial charge on any atom is -0.492 e. The van der Waals surface area contributed by atoms with Gasteiger partial charge in [-0.15, -0.1) is 30.6 Å². The Morgan fingerprint density at radius 2 is 2.19 bits per heavy atom. The molecular weight excluding hydrogens is 385 g/mol. The zero-order chi connectivity index (χ0) is 14.2. The molecule has 0 fully saturated rings. The highest BCUT2D eigenvalue weighted by atomic mass is 127. The van der Waals surface area contributed by atoms with E-state index < -0.39 is 0 Å². The Morgan fingerprint density at radius 1 is 1.38 bits per heavy atom. The van der Waals surface area contributed by atoms with Crippen LogP contribution in [0, 0.1) is 0 Å². The van der Waals surface area contributed by atoms with E-state index in [0.29, 0.717) is 19.7 Å². The Morgan fingerprint density at radius 3 is 2.95 bits per heavy atom. The minimum atomic E-state index is 0. The van der Waals surface area contributed by atoms with Gasteiger partial charge in [0.15, 0.2) is 17.5 Å². The van der Waals surface area contributed by atoms with Gasteiger partial charge in [0.05, 0.1) is 6.54 Å². The summed E-state index contributed by atoms with van der Waals surface area (Å²) in [5.41, 5.74) is 0. The predicted molar refractivity (Wildman–Crippen MR) is 93.0 cm³/mol. The number of ether oxygens (including phenoxy) is 3. The third kappa shape index (κ3) is 5.33. The second-order valence-corrected chi connectivity index (χ2v) is 4.03. The van der Waals surface area contributed by atoms with Crippen LogP contribution < -0.4 is 24.8 Å². The molecule has 0 amide bonds. The maximum Gasteiger partial charge on any atom is 0.231 e. The number of hydrogen-bond donors (Lipinski definition) is 2. The number of nitrogens with one attached hydrogen (secondary N) is 2. The lowest BCUT2D eigenvalue weighted by Gasteiger charge is -2.11. The van der Waals surface area contributed by atoms with Crippen molar-refractivity contribution in [2.45, 2.75) is 0 Å². The third-order valence-electron chi connectivity index (χ3n) is 2.64. The van der Waals surface area contributed by atoms with E-state index in [9.17, 15) is 0 Å². The van der Waals surface area contributed by atoms with E-state index in [1.54, 1.807) is 13.1 Å². The molecule has 0 spiro atoms. The van der Waals surface area contributed by atoms with Crippen molar-refractivity contribution in [3.63, 3.8) is 0 Å². The molecule has 0 unspecified atom stereocenters. The summed E-state index contributed by atoms with van der Waals surface area (Å²) in [4.78, 5) is 4.07. The number of guanidine groups is 1. The first-order valence-electron chi connectivity index (χ1n) is 6.41. The maximum atomic E-state index is 5.63. The van der Waals surface area contributed by atoms with Crippen LogP contribution in [-0.2, 0) is 0 Å². The first kappa shape index (κ1) is 17.4. The fourth-order valence-electron chi connectivity index (χ4n) is 1.69. The van der Waals surface area contributed by atoms with Crippen LogP contribution in [0.1, 0.15) is 0 Å². The highest BCUT2D eigenvalue weighted by Crippen LogP contribution is 2.34. The van der Waals surface area contributed by atoms with Gasteiger partial charge >= 0.3 is 0 Å². The molecule has 6 nitrogen and oxygen atoms in total. The van der Waals surface area contributed by atoms with Crippen LogP contribution in [0.4, 0.5) is 0 Å². The van der Waals surface area contributed by atoms with Crippen LogP contribution in [0.5, 0.6) is 17.2 Å². The summed E-state index contributed by atoms with van der Waals surface area (Å²) >= 11 is 0. The predicted octanol–water partition coefficient (Wildman–Crippen LogP) is 1.76. The van der Waals surface area contributed by atoms with E-state index in [4.69, 9.17) is 14.2 Å². The second-order valence-electron chi connectivity index (χ2n) is 4.03. The van der Waals surface area contributed by atoms with E-state index in [-0.39, 0.29) is 30.8 Å². The van der Waals surface area contributed by atoms with Gasteiger partial charge in [-0.2, -0.15) is 0 Å². The molecule has 116 valence electrons. The Kier molecular flexibility index (Phi) is 7.73. The van der Waals surface area contributed by atoms with Gasteiger partial charge in [0.1, 0.15) is 12.4 Å². The number of hydrogen-bond acceptors (Lipinski definition) is 4. The quantitative estimate of drug-likeness (QED) is 0.248. The summed E-state index contributed by atoms with van der Waals surface area (Å²) in [7, 11) is 1.72. The van der Waals surface area contributed by atoms with E-state index in [1.165, 1.54) is 0 Å². The number of halogens is 1. The first-order valence-corrected chi connectivity index (χ1v) is 6.41. The molecule has 0 saturated carbocycles. The molecule has 1 aliphatic heterocycles. The zero-order valence-corrected chi connectivity index (χ0v) is 14.3. The Labute approximate surface area is 141 Å². The molecule has 0 atom stereocenters. The molecule has 0 radical (unpaired) electrons. The molecule has 21 heavy (non-hydrogen) atoms. The van der Waals surface area contributed by atoms with Crippen LogP contribution in [-0.4, -0.2) is 39.5 Å². The van der Waals surface area contributed by atoms with E-state index >= 15 is 0 Å². The summed E-state index contributed by atoms with van der Waals surface area (Å²) in [5, 5.41) is 6.22. The van der Waals surface area contributed by atoms with Gasteiger partial charge in [0.25, 0.3) is 0 Å². The smallest absolute Gasteiger partial charge is 0.231 e. The van der Waals surface area contributed by atoms with Crippen molar-refractivity contribution in [2.24, 2.45) is 4.99 Å². The Hall–Kier alpha value is -1.64. The summed E-state index contributed by atoms with van der Waals surface area (Å²) in [6.07, 6.45) is 1.77. The normalized spacial score (nSPS) is 12.3. The summed E-state index contributed by atoms with van der Waals surface area (Å²) in [6, 6.07) is 5.53. The fraction of sp³-hybridized carbons (Fsp3) is 0.357. The SMILES string of the molecule is C=CCNC(=NC)NCCOc1ccc2c(c1)OCO2.I. The van der Waals surface area contributed by atoms with Crippen molar-refractivity contribution in [1.82, 2.24) is 10.6 Å². The van der Waals surface area contributed by atoms with Crippen LogP contribution in [0.25, 0.3) is 0 Å². The highest BCUT2D eigenvalue weighted by molar-refractivity contribution is 14.0. The van der Waals surface area contributed by atoms with Crippen molar-refractivity contribution in [3.05, 3.63) is 30.9 Å². The summed E-state index contributed by atoms with van der Waals surface area (Å²) in [6.45, 7) is 5.74. The highest BCUT2D eigenvalue weighted by Gasteiger charge is 2.13. The van der Waals surface area contributed by atoms with Gasteiger partial charge < -0.3 is 24.8 Å². The van der Waals surface area contributed by atoms with Gasteiger partial charge in [-0.25, -0.2) is 0 Å². The van der Waals surface area contributed by atoms with Crippen LogP contribution >= 0.6 is 24.0 Å². The van der Waals surface area contributed by atoms with Gasteiger partial charge in [-0.3, -0.25) is 4.99 Å². The number of nitrogens with zero attached hydrogens (tertiary/aromatic N) is 1. The third-order valence-corrected chi connectivity index (χ3v) is 2.64. The largest absolute Gasteiger partial charge is 0.492 e. The second kappa shape index (κ2) is 9.32. The lowest BCUT2D eigenvalue weighted by Crippen LogP contribution is -2.39. The molecule has 0 aromatic heterocycles. The van der Waals surface area contributed by atoms with E-state index in [0.717, 1.165) is 23.2 Å². The number of fused-ring (bicyclic) bond motifs is 1. The standard InChI is InChI=1S/C14H19N3O3.HI/c1-3-6-16-14(15-2)17-7-8-18-11-4-5-12-13(9-11)20-10-19-12;/h3-5,9H,1,6-8,10H2,2H3,(H2,15,16,17);1H. The zero-order valence-electron chi connectivity index (χ0n) is 11.9. The average Bonchev–Trinajstić information content (AvgIpc) is 2.94. The number of aliphatic imine (C=N–C) groups is 1. The molecular formula is C14H20IN3O3. The minimum absolute atomic E-state index is 0. The first-order chi connectivity index (χ1) is 9.83. The Balaban J connectivity index is 0.00000220. The monoisotopic (exact) mass is 405 g/mol. The van der Waals surface area contributed by atoms with Crippen LogP contribution in [0.3, 0.4) is 0 Å². The molecule has 1 aromatic rings. The molecule has 0 bridgehead atoms. The van der Waals surface area contributed by atoms with Gasteiger partial charge in [0.2, 0.25) is 6.79 Å². The van der Waals surface area contributed by atoms with Crippen molar-refractivity contribution in [3.8, 4) is 17.2 Å². The molecule has 7 heteroatoms. The molecule has 0 aliphatic carbocycles. The van der Waals surface area contributed by atoms with Crippen LogP contribution in [0.15, 0.2) is 35.8 Å². The molecule has 2 rings (SSSR count). The maximum absolute atomic E-state index is 5.63. The fourth-order valence-corrected chi connectivity index (χ4v) is 1.69. The topological polar surface area (TPSA) is 64.1 Å². The van der Waals surface area contributed by atoms with E-state index in [1.807, 2.05) is 18.2 Å². The van der Waals surface area contributed by atoms with Gasteiger partial charge in [-0.1, -0.05) is 6.08 Å². The molecule has 0 saturated heterocycles. The van der Waals surface area contributed by atoms with E-state index in [2.05, 4.69) is 22.2 Å². The molecule has 1 aromatic carbocycles. The average molecular weight is 405 g/mol. The molecule has 2 N–H and O–H groups in total. The Bertz CT molecular complexity index is 494. The number of rotatable bonds is 6. The van der Waals surface area contributed by atoms with Crippen LogP contribution in [0.2, 0.25) is 0 Å². The summed E-state index contributed by atoms with van der Waals surface area (Å²) < 4.78 is 16.2. The van der Waals surface area contributed by atoms with Gasteiger partial charge in [-0.05, 0) is 12.1 Å².